The molecule has 5 nitrogen and oxygen atoms in total. The molecule has 0 saturated carbocycles. The highest BCUT2D eigenvalue weighted by molar-refractivity contribution is 5.88. The van der Waals surface area contributed by atoms with Gasteiger partial charge in [-0.05, 0) is 26.0 Å². The number of carboxylic acids is 1. The van der Waals surface area contributed by atoms with Gasteiger partial charge in [-0.3, -0.25) is 9.88 Å². The Kier molecular flexibility index (Phi) is 3.63. The summed E-state index contributed by atoms with van der Waals surface area (Å²) >= 11 is 0. The highest BCUT2D eigenvalue weighted by atomic mass is 16.5. The molecular formula is C13H18N2O3. The van der Waals surface area contributed by atoms with E-state index in [1.807, 2.05) is 13.8 Å². The number of aromatic carboxylic acids is 1. The van der Waals surface area contributed by atoms with Crippen molar-refractivity contribution >= 4 is 5.97 Å². The van der Waals surface area contributed by atoms with E-state index in [4.69, 9.17) is 9.84 Å². The highest BCUT2D eigenvalue weighted by Crippen LogP contribution is 2.18. The van der Waals surface area contributed by atoms with Gasteiger partial charge in [0.05, 0.1) is 23.5 Å². The fourth-order valence-electron chi connectivity index (χ4n) is 2.22. The van der Waals surface area contributed by atoms with Gasteiger partial charge in [-0.25, -0.2) is 4.79 Å². The third kappa shape index (κ3) is 3.05. The van der Waals surface area contributed by atoms with Crippen LogP contribution in [-0.2, 0) is 11.3 Å². The van der Waals surface area contributed by atoms with Gasteiger partial charge >= 0.3 is 5.97 Å². The predicted molar refractivity (Wildman–Crippen MR) is 66.5 cm³/mol. The molecule has 1 fully saturated rings. The normalized spacial score (nSPS) is 19.7. The molecule has 1 aliphatic rings. The first-order chi connectivity index (χ1) is 8.48. The van der Waals surface area contributed by atoms with Gasteiger partial charge in [0, 0.05) is 25.8 Å². The molecule has 0 unspecified atom stereocenters. The molecule has 2 rings (SSSR count). The lowest BCUT2D eigenvalue weighted by Crippen LogP contribution is -2.47. The molecule has 1 aromatic heterocycles. The van der Waals surface area contributed by atoms with E-state index in [1.165, 1.54) is 0 Å². The lowest BCUT2D eigenvalue weighted by Gasteiger charge is -2.38. The van der Waals surface area contributed by atoms with E-state index in [-0.39, 0.29) is 11.2 Å². The van der Waals surface area contributed by atoms with Gasteiger partial charge in [0.1, 0.15) is 0 Å². The van der Waals surface area contributed by atoms with Gasteiger partial charge in [0.25, 0.3) is 0 Å². The van der Waals surface area contributed by atoms with E-state index in [1.54, 1.807) is 18.3 Å². The lowest BCUT2D eigenvalue weighted by atomic mass is 10.1. The fraction of sp³-hybridized carbons (Fsp3) is 0.538. The number of rotatable bonds is 3. The summed E-state index contributed by atoms with van der Waals surface area (Å²) in [5, 5.41) is 9.11. The summed E-state index contributed by atoms with van der Waals surface area (Å²) in [7, 11) is 0. The second-order valence-corrected chi connectivity index (χ2v) is 5.12. The monoisotopic (exact) mass is 250 g/mol. The minimum atomic E-state index is -0.925. The molecule has 1 aliphatic heterocycles. The standard InChI is InChI=1S/C13H18N2O3/c1-13(2)9-15(6-7-18-13)8-11-10(12(16)17)4-3-5-14-11/h3-5H,6-9H2,1-2H3,(H,16,17). The molecule has 98 valence electrons. The smallest absolute Gasteiger partial charge is 0.337 e. The van der Waals surface area contributed by atoms with Gasteiger partial charge in [-0.1, -0.05) is 0 Å². The Balaban J connectivity index is 2.12. The zero-order valence-corrected chi connectivity index (χ0v) is 10.7. The molecule has 5 heteroatoms. The minimum absolute atomic E-state index is 0.184. The van der Waals surface area contributed by atoms with E-state index < -0.39 is 5.97 Å². The van der Waals surface area contributed by atoms with Crippen LogP contribution in [-0.4, -0.2) is 46.3 Å². The van der Waals surface area contributed by atoms with Gasteiger partial charge in [-0.2, -0.15) is 0 Å². The van der Waals surface area contributed by atoms with Crippen LogP contribution in [0.5, 0.6) is 0 Å². The van der Waals surface area contributed by atoms with Crippen LogP contribution in [0, 0.1) is 0 Å². The Morgan fingerprint density at radius 2 is 2.39 bits per heavy atom. The zero-order valence-electron chi connectivity index (χ0n) is 10.7. The van der Waals surface area contributed by atoms with Crippen LogP contribution in [0.2, 0.25) is 0 Å². The number of pyridine rings is 1. The van der Waals surface area contributed by atoms with Gasteiger partial charge in [-0.15, -0.1) is 0 Å². The number of nitrogens with zero attached hydrogens (tertiary/aromatic N) is 2. The van der Waals surface area contributed by atoms with Crippen molar-refractivity contribution < 1.29 is 14.6 Å². The van der Waals surface area contributed by atoms with Crippen LogP contribution in [0.25, 0.3) is 0 Å². The summed E-state index contributed by atoms with van der Waals surface area (Å²) in [5.41, 5.74) is 0.709. The summed E-state index contributed by atoms with van der Waals surface area (Å²) in [6, 6.07) is 3.24. The summed E-state index contributed by atoms with van der Waals surface area (Å²) in [6.07, 6.45) is 1.63. The average Bonchev–Trinajstić information content (AvgIpc) is 2.28. The van der Waals surface area contributed by atoms with Gasteiger partial charge < -0.3 is 9.84 Å². The second kappa shape index (κ2) is 5.04. The van der Waals surface area contributed by atoms with Gasteiger partial charge in [0.2, 0.25) is 0 Å². The SMILES string of the molecule is CC1(C)CN(Cc2ncccc2C(=O)O)CCO1. The molecule has 18 heavy (non-hydrogen) atoms. The maximum absolute atomic E-state index is 11.1. The first-order valence-corrected chi connectivity index (χ1v) is 6.01. The van der Waals surface area contributed by atoms with E-state index in [9.17, 15) is 4.79 Å². The number of ether oxygens (including phenoxy) is 1. The molecule has 2 heterocycles. The third-order valence-electron chi connectivity index (χ3n) is 3.00. The van der Waals surface area contributed by atoms with Crippen LogP contribution < -0.4 is 0 Å². The number of carbonyl (C=O) groups is 1. The number of aromatic nitrogens is 1. The maximum atomic E-state index is 11.1. The number of carboxylic acid groups (broad SMARTS) is 1. The van der Waals surface area contributed by atoms with Crippen LogP contribution >= 0.6 is 0 Å². The van der Waals surface area contributed by atoms with Crippen LogP contribution in [0.4, 0.5) is 0 Å². The number of hydrogen-bond donors (Lipinski definition) is 1. The van der Waals surface area contributed by atoms with E-state index in [0.29, 0.717) is 18.8 Å². The topological polar surface area (TPSA) is 62.7 Å². The van der Waals surface area contributed by atoms with Gasteiger partial charge in [0.15, 0.2) is 0 Å². The lowest BCUT2D eigenvalue weighted by molar-refractivity contribution is -0.0885. The van der Waals surface area contributed by atoms with Crippen LogP contribution in [0.15, 0.2) is 18.3 Å². The first kappa shape index (κ1) is 13.0. The average molecular weight is 250 g/mol. The summed E-state index contributed by atoms with van der Waals surface area (Å²) in [4.78, 5) is 17.5. The Bertz CT molecular complexity index is 446. The van der Waals surface area contributed by atoms with Crippen molar-refractivity contribution in [1.29, 1.82) is 0 Å². The molecule has 0 radical (unpaired) electrons. The number of morpholine rings is 1. The quantitative estimate of drug-likeness (QED) is 0.878. The van der Waals surface area contributed by atoms with Crippen molar-refractivity contribution in [1.82, 2.24) is 9.88 Å². The summed E-state index contributed by atoms with van der Waals surface area (Å²) in [6.45, 7) is 6.88. The Morgan fingerprint density at radius 3 is 3.06 bits per heavy atom. The van der Waals surface area contributed by atoms with Crippen molar-refractivity contribution in [3.8, 4) is 0 Å². The van der Waals surface area contributed by atoms with Crippen LogP contribution in [0.1, 0.15) is 29.9 Å². The largest absolute Gasteiger partial charge is 0.478 e. The van der Waals surface area contributed by atoms with Crippen molar-refractivity contribution in [3.05, 3.63) is 29.6 Å². The highest BCUT2D eigenvalue weighted by Gasteiger charge is 2.28. The second-order valence-electron chi connectivity index (χ2n) is 5.12. The van der Waals surface area contributed by atoms with E-state index in [0.717, 1.165) is 13.1 Å². The maximum Gasteiger partial charge on any atom is 0.337 e. The molecule has 1 N–H and O–H groups in total. The number of hydrogen-bond acceptors (Lipinski definition) is 4. The fourth-order valence-corrected chi connectivity index (χ4v) is 2.22. The molecular weight excluding hydrogens is 232 g/mol. The summed E-state index contributed by atoms with van der Waals surface area (Å²) < 4.78 is 5.63. The predicted octanol–water partition coefficient (Wildman–Crippen LogP) is 1.39. The van der Waals surface area contributed by atoms with Crippen molar-refractivity contribution in [2.45, 2.75) is 26.0 Å². The molecule has 1 aromatic rings. The minimum Gasteiger partial charge on any atom is -0.478 e. The molecule has 0 amide bonds. The molecule has 0 aliphatic carbocycles. The van der Waals surface area contributed by atoms with E-state index in [2.05, 4.69) is 9.88 Å². The zero-order chi connectivity index (χ0) is 13.2. The molecule has 0 aromatic carbocycles. The third-order valence-corrected chi connectivity index (χ3v) is 3.00. The van der Waals surface area contributed by atoms with Crippen molar-refractivity contribution in [3.63, 3.8) is 0 Å². The van der Waals surface area contributed by atoms with E-state index >= 15 is 0 Å². The Morgan fingerprint density at radius 1 is 1.61 bits per heavy atom. The molecule has 0 bridgehead atoms. The molecule has 0 atom stereocenters. The summed E-state index contributed by atoms with van der Waals surface area (Å²) in [5.74, 6) is -0.925. The van der Waals surface area contributed by atoms with Crippen molar-refractivity contribution in [2.24, 2.45) is 0 Å². The molecule has 0 spiro atoms. The Labute approximate surface area is 106 Å². The molecule has 1 saturated heterocycles. The Hall–Kier alpha value is -1.46. The van der Waals surface area contributed by atoms with Crippen molar-refractivity contribution in [2.75, 3.05) is 19.7 Å². The first-order valence-electron chi connectivity index (χ1n) is 6.01. The van der Waals surface area contributed by atoms with Crippen LogP contribution in [0.3, 0.4) is 0 Å².